The van der Waals surface area contributed by atoms with Crippen molar-refractivity contribution in [2.75, 3.05) is 0 Å². The molecule has 2 aromatic carbocycles. The molecule has 0 unspecified atom stereocenters. The Balaban J connectivity index is 2.33. The maximum absolute atomic E-state index is 12.1. The number of nitrogens with one attached hydrogen (secondary N) is 1. The predicted octanol–water partition coefficient (Wildman–Crippen LogP) is 4.75. The quantitative estimate of drug-likeness (QED) is 0.618. The minimum atomic E-state index is -0.257. The molecule has 0 heterocycles. The average molecular weight is 352 g/mol. The summed E-state index contributed by atoms with van der Waals surface area (Å²) in [6, 6.07) is 12.8. The monoisotopic (exact) mass is 352 g/mol. The van der Waals surface area contributed by atoms with Crippen molar-refractivity contribution in [2.45, 2.75) is 52.4 Å². The molecule has 0 saturated heterocycles. The lowest BCUT2D eigenvalue weighted by Crippen LogP contribution is -2.19. The summed E-state index contributed by atoms with van der Waals surface area (Å²) >= 11 is 0. The van der Waals surface area contributed by atoms with Crippen molar-refractivity contribution in [3.05, 3.63) is 64.7 Å². The van der Waals surface area contributed by atoms with E-state index in [4.69, 9.17) is 0 Å². The zero-order valence-corrected chi connectivity index (χ0v) is 16.4. The first kappa shape index (κ1) is 19.7. The molecule has 138 valence electrons. The van der Waals surface area contributed by atoms with Crippen LogP contribution >= 0.6 is 0 Å². The first-order valence-corrected chi connectivity index (χ1v) is 8.76. The molecule has 0 spiro atoms. The molecular weight excluding hydrogens is 324 g/mol. The lowest BCUT2D eigenvalue weighted by Gasteiger charge is -2.27. The first-order valence-electron chi connectivity index (χ1n) is 8.76. The Morgan fingerprint density at radius 1 is 0.962 bits per heavy atom. The van der Waals surface area contributed by atoms with E-state index in [1.807, 2.05) is 30.3 Å². The Kier molecular flexibility index (Phi) is 5.55. The molecule has 2 aromatic rings. The van der Waals surface area contributed by atoms with Gasteiger partial charge in [-0.3, -0.25) is 4.79 Å². The number of aromatic hydroxyl groups is 1. The van der Waals surface area contributed by atoms with E-state index in [0.717, 1.165) is 16.7 Å². The fourth-order valence-electron chi connectivity index (χ4n) is 2.69. The smallest absolute Gasteiger partial charge is 0.271 e. The average Bonchev–Trinajstić information content (AvgIpc) is 2.54. The van der Waals surface area contributed by atoms with Crippen molar-refractivity contribution in [2.24, 2.45) is 5.10 Å². The van der Waals surface area contributed by atoms with Crippen LogP contribution < -0.4 is 5.43 Å². The van der Waals surface area contributed by atoms with Crippen LogP contribution in [0.2, 0.25) is 0 Å². The number of carbonyl (C=O) groups is 1. The normalized spacial score (nSPS) is 12.4. The summed E-state index contributed by atoms with van der Waals surface area (Å²) < 4.78 is 0. The van der Waals surface area contributed by atoms with Crippen LogP contribution in [0.5, 0.6) is 5.75 Å². The fraction of sp³-hybridized carbons (Fsp3) is 0.364. The van der Waals surface area contributed by atoms with E-state index in [1.165, 1.54) is 0 Å². The molecule has 0 fully saturated rings. The van der Waals surface area contributed by atoms with Crippen LogP contribution in [0.25, 0.3) is 0 Å². The van der Waals surface area contributed by atoms with Crippen LogP contribution in [0.1, 0.15) is 68.6 Å². The minimum absolute atomic E-state index is 0.207. The molecule has 0 radical (unpaired) electrons. The van der Waals surface area contributed by atoms with Crippen molar-refractivity contribution in [3.63, 3.8) is 0 Å². The van der Waals surface area contributed by atoms with Crippen molar-refractivity contribution >= 4 is 12.1 Å². The number of hydrazone groups is 1. The van der Waals surface area contributed by atoms with E-state index in [2.05, 4.69) is 52.1 Å². The van der Waals surface area contributed by atoms with Gasteiger partial charge in [-0.25, -0.2) is 5.43 Å². The summed E-state index contributed by atoms with van der Waals surface area (Å²) in [5.74, 6) is 0.0724. The summed E-state index contributed by atoms with van der Waals surface area (Å²) in [7, 11) is 0. The molecule has 0 atom stereocenters. The maximum Gasteiger partial charge on any atom is 0.271 e. The molecule has 0 bridgehead atoms. The SMILES string of the molecule is CC(C)(C)c1cc(C=NNC(=O)c2ccccc2)cc(C(C)(C)C)c1O. The highest BCUT2D eigenvalue weighted by atomic mass is 16.3. The highest BCUT2D eigenvalue weighted by molar-refractivity contribution is 5.94. The third-order valence-electron chi connectivity index (χ3n) is 4.16. The molecule has 0 aliphatic heterocycles. The minimum Gasteiger partial charge on any atom is -0.507 e. The van der Waals surface area contributed by atoms with Crippen LogP contribution in [0, 0.1) is 0 Å². The van der Waals surface area contributed by atoms with Gasteiger partial charge in [0.1, 0.15) is 5.75 Å². The number of carbonyl (C=O) groups excluding carboxylic acids is 1. The van der Waals surface area contributed by atoms with Gasteiger partial charge in [-0.15, -0.1) is 0 Å². The van der Waals surface area contributed by atoms with Gasteiger partial charge in [0, 0.05) is 16.7 Å². The third-order valence-corrected chi connectivity index (χ3v) is 4.16. The van der Waals surface area contributed by atoms with E-state index in [1.54, 1.807) is 18.3 Å². The fourth-order valence-corrected chi connectivity index (χ4v) is 2.69. The van der Waals surface area contributed by atoms with Crippen molar-refractivity contribution in [3.8, 4) is 5.75 Å². The molecule has 2 rings (SSSR count). The van der Waals surface area contributed by atoms with Gasteiger partial charge in [-0.2, -0.15) is 5.10 Å². The first-order chi connectivity index (χ1) is 12.0. The number of hydrogen-bond donors (Lipinski definition) is 2. The summed E-state index contributed by atoms with van der Waals surface area (Å²) in [5.41, 5.74) is 5.25. The number of nitrogens with zero attached hydrogens (tertiary/aromatic N) is 1. The highest BCUT2D eigenvalue weighted by Gasteiger charge is 2.26. The van der Waals surface area contributed by atoms with E-state index in [9.17, 15) is 9.90 Å². The molecule has 4 nitrogen and oxygen atoms in total. The number of benzene rings is 2. The van der Waals surface area contributed by atoms with Gasteiger partial charge in [0.2, 0.25) is 0 Å². The molecule has 26 heavy (non-hydrogen) atoms. The predicted molar refractivity (Wildman–Crippen MR) is 107 cm³/mol. The van der Waals surface area contributed by atoms with Crippen molar-refractivity contribution in [1.29, 1.82) is 0 Å². The Morgan fingerprint density at radius 3 is 1.92 bits per heavy atom. The highest BCUT2D eigenvalue weighted by Crippen LogP contribution is 2.39. The van der Waals surface area contributed by atoms with Gasteiger partial charge in [-0.05, 0) is 40.7 Å². The number of rotatable bonds is 3. The summed E-state index contributed by atoms with van der Waals surface area (Å²) in [4.78, 5) is 12.1. The summed E-state index contributed by atoms with van der Waals surface area (Å²) in [6.07, 6.45) is 1.62. The molecule has 4 heteroatoms. The van der Waals surface area contributed by atoms with Crippen LogP contribution in [-0.2, 0) is 10.8 Å². The van der Waals surface area contributed by atoms with E-state index < -0.39 is 0 Å². The van der Waals surface area contributed by atoms with Crippen molar-refractivity contribution in [1.82, 2.24) is 5.43 Å². The van der Waals surface area contributed by atoms with Crippen LogP contribution in [-0.4, -0.2) is 17.2 Å². The number of phenolic OH excluding ortho intramolecular Hbond substituents is 1. The van der Waals surface area contributed by atoms with Gasteiger partial charge < -0.3 is 5.11 Å². The second-order valence-electron chi connectivity index (χ2n) is 8.53. The Hall–Kier alpha value is -2.62. The van der Waals surface area contributed by atoms with Gasteiger partial charge in [0.25, 0.3) is 5.91 Å². The number of amides is 1. The van der Waals surface area contributed by atoms with Crippen LogP contribution in [0.3, 0.4) is 0 Å². The van der Waals surface area contributed by atoms with Gasteiger partial charge >= 0.3 is 0 Å². The second kappa shape index (κ2) is 7.32. The van der Waals surface area contributed by atoms with E-state index in [0.29, 0.717) is 11.3 Å². The Bertz CT molecular complexity index is 775. The van der Waals surface area contributed by atoms with Crippen molar-refractivity contribution < 1.29 is 9.90 Å². The van der Waals surface area contributed by atoms with E-state index >= 15 is 0 Å². The number of phenols is 1. The largest absolute Gasteiger partial charge is 0.507 e. The van der Waals surface area contributed by atoms with Gasteiger partial charge in [0.15, 0.2) is 0 Å². The molecule has 0 aliphatic carbocycles. The lowest BCUT2D eigenvalue weighted by molar-refractivity contribution is 0.0955. The molecule has 0 aromatic heterocycles. The second-order valence-corrected chi connectivity index (χ2v) is 8.53. The summed E-state index contributed by atoms with van der Waals surface area (Å²) in [6.45, 7) is 12.4. The zero-order chi connectivity index (χ0) is 19.5. The molecular formula is C22H28N2O2. The third kappa shape index (κ3) is 4.72. The maximum atomic E-state index is 12.1. The van der Waals surface area contributed by atoms with Crippen LogP contribution in [0.4, 0.5) is 0 Å². The summed E-state index contributed by atoms with van der Waals surface area (Å²) in [5, 5.41) is 14.8. The zero-order valence-electron chi connectivity index (χ0n) is 16.4. The molecule has 0 saturated carbocycles. The number of hydrogen-bond acceptors (Lipinski definition) is 3. The Labute approximate surface area is 156 Å². The molecule has 0 aliphatic rings. The van der Waals surface area contributed by atoms with E-state index in [-0.39, 0.29) is 16.7 Å². The van der Waals surface area contributed by atoms with Crippen LogP contribution in [0.15, 0.2) is 47.6 Å². The molecule has 2 N–H and O–H groups in total. The van der Waals surface area contributed by atoms with Gasteiger partial charge in [-0.1, -0.05) is 59.7 Å². The standard InChI is InChI=1S/C22H28N2O2/c1-21(2,3)17-12-15(13-18(19(17)25)22(4,5)6)14-23-24-20(26)16-10-8-7-9-11-16/h7-14,25H,1-6H3,(H,24,26). The molecule has 1 amide bonds. The lowest BCUT2D eigenvalue weighted by atomic mass is 9.78. The van der Waals surface area contributed by atoms with Gasteiger partial charge in [0.05, 0.1) is 6.21 Å². The Morgan fingerprint density at radius 2 is 1.46 bits per heavy atom. The topological polar surface area (TPSA) is 61.7 Å².